The van der Waals surface area contributed by atoms with Crippen LogP contribution in [0.25, 0.3) is 0 Å². The molecule has 1 aliphatic heterocycles. The summed E-state index contributed by atoms with van der Waals surface area (Å²) in [6.07, 6.45) is 1.61. The van der Waals surface area contributed by atoms with Crippen molar-refractivity contribution in [2.75, 3.05) is 4.90 Å². The van der Waals surface area contributed by atoms with Crippen LogP contribution in [-0.4, -0.2) is 28.4 Å². The molecule has 2 N–H and O–H groups in total. The summed E-state index contributed by atoms with van der Waals surface area (Å²) in [6, 6.07) is 14.4. The van der Waals surface area contributed by atoms with Gasteiger partial charge in [-0.25, -0.2) is 4.90 Å². The molecular formula is C19H17ClN4O2S. The van der Waals surface area contributed by atoms with Crippen molar-refractivity contribution in [1.29, 1.82) is 0 Å². The zero-order valence-electron chi connectivity index (χ0n) is 14.5. The highest BCUT2D eigenvalue weighted by molar-refractivity contribution is 8.14. The Morgan fingerprint density at radius 2 is 1.93 bits per heavy atom. The van der Waals surface area contributed by atoms with Gasteiger partial charge >= 0.3 is 0 Å². The minimum Gasteiger partial charge on any atom is -0.377 e. The number of carbonyl (C=O) groups is 2. The number of halogens is 1. The molecule has 1 saturated heterocycles. The fourth-order valence-corrected chi connectivity index (χ4v) is 3.58. The number of aryl methyl sites for hydroxylation is 1. The van der Waals surface area contributed by atoms with Gasteiger partial charge in [0.05, 0.1) is 11.9 Å². The van der Waals surface area contributed by atoms with Crippen molar-refractivity contribution >= 4 is 52.2 Å². The van der Waals surface area contributed by atoms with Gasteiger partial charge in [0.2, 0.25) is 11.8 Å². The minimum atomic E-state index is -0.605. The number of rotatable bonds is 4. The van der Waals surface area contributed by atoms with Crippen molar-refractivity contribution in [2.45, 2.75) is 18.6 Å². The Kier molecular flexibility index (Phi) is 5.93. The van der Waals surface area contributed by atoms with Crippen LogP contribution in [0.15, 0.2) is 58.7 Å². The van der Waals surface area contributed by atoms with Crippen LogP contribution >= 0.6 is 23.4 Å². The first-order chi connectivity index (χ1) is 13.0. The van der Waals surface area contributed by atoms with E-state index in [1.165, 1.54) is 11.1 Å². The fourth-order valence-electron chi connectivity index (χ4n) is 2.63. The van der Waals surface area contributed by atoms with Crippen LogP contribution in [0.3, 0.4) is 0 Å². The SMILES string of the molecule is Cc1ccccc1N1C(=O)C[C@H](SC(N)=N/N=C\c2ccc(Cl)cc2)C1=O. The standard InChI is InChI=1S/C19H17ClN4O2S/c1-12-4-2-3-5-15(12)24-17(25)10-16(18(24)26)27-19(21)23-22-11-13-6-8-14(20)9-7-13/h2-9,11,16H,10H2,1H3,(H2,21,23)/b22-11-/t16-/m0/s1. The second kappa shape index (κ2) is 8.37. The highest BCUT2D eigenvalue weighted by Crippen LogP contribution is 2.31. The summed E-state index contributed by atoms with van der Waals surface area (Å²) in [5.41, 5.74) is 8.14. The molecule has 138 valence electrons. The van der Waals surface area contributed by atoms with E-state index in [1.54, 1.807) is 36.4 Å². The van der Waals surface area contributed by atoms with Gasteiger partial charge in [0.1, 0.15) is 5.25 Å². The Morgan fingerprint density at radius 3 is 2.63 bits per heavy atom. The van der Waals surface area contributed by atoms with Crippen LogP contribution in [-0.2, 0) is 9.59 Å². The van der Waals surface area contributed by atoms with Crippen LogP contribution in [0, 0.1) is 6.92 Å². The lowest BCUT2D eigenvalue weighted by Crippen LogP contribution is -2.32. The summed E-state index contributed by atoms with van der Waals surface area (Å²) in [7, 11) is 0. The maximum Gasteiger partial charge on any atom is 0.247 e. The number of hydrogen-bond donors (Lipinski definition) is 1. The average molecular weight is 401 g/mol. The zero-order valence-corrected chi connectivity index (χ0v) is 16.1. The maximum absolute atomic E-state index is 12.7. The van der Waals surface area contributed by atoms with E-state index in [-0.39, 0.29) is 23.4 Å². The molecule has 0 saturated carbocycles. The largest absolute Gasteiger partial charge is 0.377 e. The van der Waals surface area contributed by atoms with Gasteiger partial charge in [-0.3, -0.25) is 9.59 Å². The number of amides is 2. The monoisotopic (exact) mass is 400 g/mol. The first-order valence-electron chi connectivity index (χ1n) is 8.17. The van der Waals surface area contributed by atoms with E-state index >= 15 is 0 Å². The number of carbonyl (C=O) groups excluding carboxylic acids is 2. The number of benzene rings is 2. The number of nitrogens with zero attached hydrogens (tertiary/aromatic N) is 3. The predicted molar refractivity (Wildman–Crippen MR) is 110 cm³/mol. The van der Waals surface area contributed by atoms with Gasteiger partial charge in [-0.15, -0.1) is 5.10 Å². The first kappa shape index (κ1) is 19.1. The molecule has 6 nitrogen and oxygen atoms in total. The van der Waals surface area contributed by atoms with Crippen LogP contribution in [0.4, 0.5) is 5.69 Å². The van der Waals surface area contributed by atoms with Crippen LogP contribution < -0.4 is 10.6 Å². The van der Waals surface area contributed by atoms with Crippen molar-refractivity contribution in [3.63, 3.8) is 0 Å². The summed E-state index contributed by atoms with van der Waals surface area (Å²) < 4.78 is 0. The summed E-state index contributed by atoms with van der Waals surface area (Å²) in [4.78, 5) is 26.2. The Bertz CT molecular complexity index is 928. The molecule has 1 aliphatic rings. The zero-order chi connectivity index (χ0) is 19.4. The molecule has 2 aromatic carbocycles. The average Bonchev–Trinajstić information content (AvgIpc) is 2.91. The van der Waals surface area contributed by atoms with E-state index in [4.69, 9.17) is 17.3 Å². The molecule has 0 bridgehead atoms. The molecule has 0 aromatic heterocycles. The van der Waals surface area contributed by atoms with Crippen molar-refractivity contribution in [2.24, 2.45) is 15.9 Å². The quantitative estimate of drug-likeness (QED) is 0.369. The molecule has 1 fully saturated rings. The maximum atomic E-state index is 12.7. The normalized spacial score (nSPS) is 17.9. The molecule has 0 radical (unpaired) electrons. The lowest BCUT2D eigenvalue weighted by molar-refractivity contribution is -0.121. The lowest BCUT2D eigenvalue weighted by Gasteiger charge is -2.16. The summed E-state index contributed by atoms with van der Waals surface area (Å²) in [6.45, 7) is 1.86. The second-order valence-electron chi connectivity index (χ2n) is 5.90. The number of amidine groups is 1. The molecule has 27 heavy (non-hydrogen) atoms. The Labute approximate surface area is 166 Å². The second-order valence-corrected chi connectivity index (χ2v) is 7.56. The fraction of sp³-hybridized carbons (Fsp3) is 0.158. The molecule has 2 amide bonds. The van der Waals surface area contributed by atoms with Gasteiger partial charge < -0.3 is 5.73 Å². The van der Waals surface area contributed by atoms with Gasteiger partial charge in [0.15, 0.2) is 5.17 Å². The minimum absolute atomic E-state index is 0.0783. The molecule has 3 rings (SSSR count). The third-order valence-corrected chi connectivity index (χ3v) is 5.19. The number of para-hydroxylation sites is 1. The molecule has 0 aliphatic carbocycles. The van der Waals surface area contributed by atoms with Crippen molar-refractivity contribution in [3.05, 3.63) is 64.7 Å². The third kappa shape index (κ3) is 4.56. The van der Waals surface area contributed by atoms with Crippen LogP contribution in [0.1, 0.15) is 17.5 Å². The number of imide groups is 1. The van der Waals surface area contributed by atoms with Crippen molar-refractivity contribution in [1.82, 2.24) is 0 Å². The number of anilines is 1. The molecule has 1 heterocycles. The van der Waals surface area contributed by atoms with E-state index in [9.17, 15) is 9.59 Å². The Balaban J connectivity index is 1.67. The summed E-state index contributed by atoms with van der Waals surface area (Å²) >= 11 is 6.87. The lowest BCUT2D eigenvalue weighted by atomic mass is 10.2. The molecule has 8 heteroatoms. The first-order valence-corrected chi connectivity index (χ1v) is 9.42. The molecule has 0 unspecified atom stereocenters. The molecular weight excluding hydrogens is 384 g/mol. The predicted octanol–water partition coefficient (Wildman–Crippen LogP) is 3.36. The van der Waals surface area contributed by atoms with Crippen LogP contribution in [0.2, 0.25) is 5.02 Å². The van der Waals surface area contributed by atoms with E-state index in [0.717, 1.165) is 22.9 Å². The van der Waals surface area contributed by atoms with E-state index < -0.39 is 5.25 Å². The summed E-state index contributed by atoms with van der Waals surface area (Å²) in [5, 5.41) is 7.96. The highest BCUT2D eigenvalue weighted by atomic mass is 35.5. The van der Waals surface area contributed by atoms with E-state index in [1.807, 2.05) is 19.1 Å². The van der Waals surface area contributed by atoms with E-state index in [0.29, 0.717) is 10.7 Å². The highest BCUT2D eigenvalue weighted by Gasteiger charge is 2.41. The van der Waals surface area contributed by atoms with Crippen molar-refractivity contribution in [3.8, 4) is 0 Å². The van der Waals surface area contributed by atoms with Gasteiger partial charge in [-0.05, 0) is 36.2 Å². The number of nitrogens with two attached hydrogens (primary N) is 1. The number of thioether (sulfide) groups is 1. The smallest absolute Gasteiger partial charge is 0.247 e. The van der Waals surface area contributed by atoms with Crippen LogP contribution in [0.5, 0.6) is 0 Å². The van der Waals surface area contributed by atoms with E-state index in [2.05, 4.69) is 10.2 Å². The van der Waals surface area contributed by atoms with Gasteiger partial charge in [-0.2, -0.15) is 5.10 Å². The van der Waals surface area contributed by atoms with Gasteiger partial charge in [0, 0.05) is 11.4 Å². The van der Waals surface area contributed by atoms with Gasteiger partial charge in [-0.1, -0.05) is 53.7 Å². The van der Waals surface area contributed by atoms with Crippen molar-refractivity contribution < 1.29 is 9.59 Å². The molecule has 1 atom stereocenters. The Hall–Kier alpha value is -2.64. The molecule has 2 aromatic rings. The number of hydrogen-bond acceptors (Lipinski definition) is 5. The third-order valence-electron chi connectivity index (χ3n) is 3.96. The molecule has 0 spiro atoms. The Morgan fingerprint density at radius 1 is 1.22 bits per heavy atom. The topological polar surface area (TPSA) is 88.1 Å². The van der Waals surface area contributed by atoms with Gasteiger partial charge in [0.25, 0.3) is 0 Å². The summed E-state index contributed by atoms with van der Waals surface area (Å²) in [5.74, 6) is -0.539.